The van der Waals surface area contributed by atoms with Gasteiger partial charge in [0, 0.05) is 11.8 Å². The molecule has 2 rings (SSSR count). The molecule has 0 aliphatic rings. The van der Waals surface area contributed by atoms with E-state index in [1.807, 2.05) is 25.1 Å². The third-order valence-electron chi connectivity index (χ3n) is 2.72. The third kappa shape index (κ3) is 2.69. The lowest BCUT2D eigenvalue weighted by Crippen LogP contribution is -2.19. The molecule has 1 unspecified atom stereocenters. The summed E-state index contributed by atoms with van der Waals surface area (Å²) in [6.07, 6.45) is 0.782. The zero-order valence-electron chi connectivity index (χ0n) is 10.3. The molecule has 0 radical (unpaired) electrons. The van der Waals surface area contributed by atoms with E-state index in [9.17, 15) is 0 Å². The second kappa shape index (κ2) is 5.56. The number of fused-ring (bicyclic) bond motifs is 1. The molecule has 2 heteroatoms. The Morgan fingerprint density at radius 2 is 2.18 bits per heavy atom. The predicted molar refractivity (Wildman–Crippen MR) is 70.7 cm³/mol. The van der Waals surface area contributed by atoms with Gasteiger partial charge in [-0.25, -0.2) is 0 Å². The van der Waals surface area contributed by atoms with Gasteiger partial charge in [0.1, 0.15) is 11.3 Å². The minimum atomic E-state index is 0.180. The molecule has 0 aliphatic heterocycles. The molecule has 0 amide bonds. The van der Waals surface area contributed by atoms with Crippen molar-refractivity contribution < 1.29 is 4.42 Å². The normalized spacial score (nSPS) is 12.1. The molecule has 1 heterocycles. The van der Waals surface area contributed by atoms with E-state index in [-0.39, 0.29) is 6.04 Å². The molecule has 1 aromatic heterocycles. The molecular formula is C15H17NO. The Bertz CT molecular complexity index is 512. The first kappa shape index (κ1) is 11.8. The first-order chi connectivity index (χ1) is 8.35. The summed E-state index contributed by atoms with van der Waals surface area (Å²) in [5.74, 6) is 7.00. The highest BCUT2D eigenvalue weighted by Crippen LogP contribution is 2.25. The molecule has 1 N–H and O–H groups in total. The molecule has 0 fully saturated rings. The van der Waals surface area contributed by atoms with Gasteiger partial charge < -0.3 is 9.73 Å². The zero-order valence-corrected chi connectivity index (χ0v) is 10.3. The maximum atomic E-state index is 5.85. The van der Waals surface area contributed by atoms with Crippen molar-refractivity contribution in [3.63, 3.8) is 0 Å². The highest BCUT2D eigenvalue weighted by molar-refractivity contribution is 5.77. The van der Waals surface area contributed by atoms with Crippen LogP contribution in [0.25, 0.3) is 11.0 Å². The van der Waals surface area contributed by atoms with E-state index in [1.165, 1.54) is 0 Å². The van der Waals surface area contributed by atoms with Crippen molar-refractivity contribution in [1.82, 2.24) is 5.32 Å². The second-order valence-electron chi connectivity index (χ2n) is 3.93. The summed E-state index contributed by atoms with van der Waals surface area (Å²) >= 11 is 0. The van der Waals surface area contributed by atoms with Crippen LogP contribution in [0.3, 0.4) is 0 Å². The number of benzene rings is 1. The second-order valence-corrected chi connectivity index (χ2v) is 3.93. The van der Waals surface area contributed by atoms with Gasteiger partial charge in [0.25, 0.3) is 0 Å². The van der Waals surface area contributed by atoms with Crippen molar-refractivity contribution >= 4 is 11.0 Å². The Morgan fingerprint density at radius 1 is 1.35 bits per heavy atom. The minimum absolute atomic E-state index is 0.180. The lowest BCUT2D eigenvalue weighted by atomic mass is 10.1. The highest BCUT2D eigenvalue weighted by Gasteiger charge is 2.13. The van der Waals surface area contributed by atoms with Gasteiger partial charge in [-0.1, -0.05) is 25.1 Å². The van der Waals surface area contributed by atoms with Crippen molar-refractivity contribution in [2.75, 3.05) is 6.54 Å². The van der Waals surface area contributed by atoms with Crippen LogP contribution in [0.5, 0.6) is 0 Å². The lowest BCUT2D eigenvalue weighted by molar-refractivity contribution is 0.442. The summed E-state index contributed by atoms with van der Waals surface area (Å²) in [7, 11) is 0. The van der Waals surface area contributed by atoms with Crippen LogP contribution in [0, 0.1) is 11.8 Å². The van der Waals surface area contributed by atoms with E-state index in [0.29, 0.717) is 0 Å². The fourth-order valence-corrected chi connectivity index (χ4v) is 1.90. The molecule has 2 aromatic rings. The summed E-state index contributed by atoms with van der Waals surface area (Å²) in [6, 6.07) is 10.4. The lowest BCUT2D eigenvalue weighted by Gasteiger charge is -2.11. The zero-order chi connectivity index (χ0) is 12.1. The van der Waals surface area contributed by atoms with Gasteiger partial charge >= 0.3 is 0 Å². The Hall–Kier alpha value is -1.72. The van der Waals surface area contributed by atoms with E-state index < -0.39 is 0 Å². The number of hydrogen-bond donors (Lipinski definition) is 1. The average Bonchev–Trinajstić information content (AvgIpc) is 2.78. The largest absolute Gasteiger partial charge is 0.459 e. The van der Waals surface area contributed by atoms with Crippen LogP contribution in [-0.2, 0) is 0 Å². The fraction of sp³-hybridized carbons (Fsp3) is 0.333. The molecule has 1 atom stereocenters. The standard InChI is InChI=1S/C15H17NO/c1-3-5-9-13(16-4-2)15-11-12-8-6-7-10-14(12)17-15/h6-8,10-11,13,16H,4,9H2,1-2H3. The van der Waals surface area contributed by atoms with Gasteiger partial charge in [-0.2, -0.15) is 0 Å². The van der Waals surface area contributed by atoms with Gasteiger partial charge in [0.2, 0.25) is 0 Å². The fourth-order valence-electron chi connectivity index (χ4n) is 1.90. The number of rotatable bonds is 4. The van der Waals surface area contributed by atoms with Crippen molar-refractivity contribution in [3.8, 4) is 11.8 Å². The number of furan rings is 1. The molecule has 0 saturated heterocycles. The van der Waals surface area contributed by atoms with Gasteiger partial charge in [-0.05, 0) is 25.6 Å². The van der Waals surface area contributed by atoms with Crippen molar-refractivity contribution in [3.05, 3.63) is 36.1 Å². The minimum Gasteiger partial charge on any atom is -0.459 e. The number of nitrogens with one attached hydrogen (secondary N) is 1. The Balaban J connectivity index is 2.29. The van der Waals surface area contributed by atoms with E-state index >= 15 is 0 Å². The number of para-hydroxylation sites is 1. The Morgan fingerprint density at radius 3 is 2.88 bits per heavy atom. The Kier molecular flexibility index (Phi) is 3.85. The molecule has 0 saturated carbocycles. The first-order valence-corrected chi connectivity index (χ1v) is 5.96. The van der Waals surface area contributed by atoms with E-state index in [0.717, 1.165) is 29.7 Å². The summed E-state index contributed by atoms with van der Waals surface area (Å²) in [5.41, 5.74) is 0.940. The van der Waals surface area contributed by atoms with Gasteiger partial charge in [-0.3, -0.25) is 0 Å². The molecule has 0 bridgehead atoms. The molecule has 88 valence electrons. The maximum absolute atomic E-state index is 5.85. The summed E-state index contributed by atoms with van der Waals surface area (Å²) in [6.45, 7) is 4.86. The maximum Gasteiger partial charge on any atom is 0.134 e. The van der Waals surface area contributed by atoms with Crippen molar-refractivity contribution in [2.45, 2.75) is 26.3 Å². The van der Waals surface area contributed by atoms with E-state index in [4.69, 9.17) is 4.42 Å². The van der Waals surface area contributed by atoms with E-state index in [2.05, 4.69) is 36.2 Å². The third-order valence-corrected chi connectivity index (χ3v) is 2.72. The van der Waals surface area contributed by atoms with Gasteiger partial charge in [-0.15, -0.1) is 11.8 Å². The SMILES string of the molecule is CC#CCC(NCC)c1cc2ccccc2o1. The molecule has 17 heavy (non-hydrogen) atoms. The van der Waals surface area contributed by atoms with Crippen molar-refractivity contribution in [1.29, 1.82) is 0 Å². The summed E-state index contributed by atoms with van der Waals surface area (Å²) < 4.78 is 5.85. The summed E-state index contributed by atoms with van der Waals surface area (Å²) in [5, 5.41) is 4.55. The molecule has 0 aliphatic carbocycles. The predicted octanol–water partition coefficient (Wildman–Crippen LogP) is 3.50. The monoisotopic (exact) mass is 227 g/mol. The topological polar surface area (TPSA) is 25.2 Å². The molecule has 0 spiro atoms. The van der Waals surface area contributed by atoms with Crippen LogP contribution in [0.1, 0.15) is 32.1 Å². The van der Waals surface area contributed by atoms with Gasteiger partial charge in [0.05, 0.1) is 6.04 Å². The first-order valence-electron chi connectivity index (χ1n) is 5.96. The van der Waals surface area contributed by atoms with Crippen LogP contribution in [0.2, 0.25) is 0 Å². The Labute approximate surface area is 102 Å². The molecular weight excluding hydrogens is 210 g/mol. The van der Waals surface area contributed by atoms with Crippen LogP contribution < -0.4 is 5.32 Å². The average molecular weight is 227 g/mol. The summed E-state index contributed by atoms with van der Waals surface area (Å²) in [4.78, 5) is 0. The molecule has 1 aromatic carbocycles. The molecule has 2 nitrogen and oxygen atoms in total. The highest BCUT2D eigenvalue weighted by atomic mass is 16.3. The van der Waals surface area contributed by atoms with Gasteiger partial charge in [0.15, 0.2) is 0 Å². The quantitative estimate of drug-likeness (QED) is 0.809. The van der Waals surface area contributed by atoms with Crippen LogP contribution >= 0.6 is 0 Å². The van der Waals surface area contributed by atoms with Crippen LogP contribution in [0.15, 0.2) is 34.7 Å². The van der Waals surface area contributed by atoms with Crippen molar-refractivity contribution in [2.24, 2.45) is 0 Å². The number of hydrogen-bond acceptors (Lipinski definition) is 2. The van der Waals surface area contributed by atoms with Crippen LogP contribution in [-0.4, -0.2) is 6.54 Å². The van der Waals surface area contributed by atoms with E-state index in [1.54, 1.807) is 0 Å². The smallest absolute Gasteiger partial charge is 0.134 e. The van der Waals surface area contributed by atoms with Crippen LogP contribution in [0.4, 0.5) is 0 Å².